The Balaban J connectivity index is 1.79. The lowest BCUT2D eigenvalue weighted by Crippen LogP contribution is -2.47. The van der Waals surface area contributed by atoms with E-state index in [9.17, 15) is 49.4 Å². The molecule has 1 fully saturated rings. The first kappa shape index (κ1) is 43.7. The van der Waals surface area contributed by atoms with Crippen LogP contribution in [0.1, 0.15) is 76.8 Å². The van der Waals surface area contributed by atoms with Crippen LogP contribution in [-0.4, -0.2) is 72.9 Å². The van der Waals surface area contributed by atoms with Crippen LogP contribution in [0.15, 0.2) is 53.9 Å². The number of carboxylic acids is 1. The molecule has 17 heteroatoms. The van der Waals surface area contributed by atoms with Gasteiger partial charge in [-0.3, -0.25) is 4.79 Å². The molecule has 0 aliphatic heterocycles. The van der Waals surface area contributed by atoms with Crippen molar-refractivity contribution in [3.05, 3.63) is 65.0 Å². The smallest absolute Gasteiger partial charge is 0.416 e. The van der Waals surface area contributed by atoms with Gasteiger partial charge in [0.2, 0.25) is 5.95 Å². The van der Waals surface area contributed by atoms with Gasteiger partial charge in [-0.1, -0.05) is 13.0 Å². The molecule has 0 saturated heterocycles. The summed E-state index contributed by atoms with van der Waals surface area (Å²) < 4.78 is 138. The van der Waals surface area contributed by atoms with Crippen molar-refractivity contribution in [1.29, 1.82) is 0 Å². The summed E-state index contributed by atoms with van der Waals surface area (Å²) in [5.41, 5.74) is -5.23. The number of methoxy groups -OCH3 is 1. The van der Waals surface area contributed by atoms with Crippen LogP contribution in [0.5, 0.6) is 5.75 Å². The molecule has 1 N–H and O–H groups in total. The van der Waals surface area contributed by atoms with Gasteiger partial charge in [-0.15, -0.1) is 0 Å². The standard InChI is InChI=1S/C38H47F9N4O4/c1-5-50(22-26-9-7-25(8-10-26)15-33(52)53)32-12-11-28(36(39,40)41)16-27(32)23-51(34-48-20-31(21-49-34)55-14-6-13-54-4)24(2)35(3)18-29(37(42,43)44)17-30(19-35)38(45,46)47/h11-12,16-18,20-21,24-26H,5-10,13-15,19,22-23H2,1-4H3,(H,52,53)/t24-,25-,26-,35?/m0/s1. The molecule has 2 aromatic rings. The van der Waals surface area contributed by atoms with Gasteiger partial charge in [-0.2, -0.15) is 39.5 Å². The van der Waals surface area contributed by atoms with E-state index in [2.05, 4.69) is 9.97 Å². The Bertz CT molecular complexity index is 1650. The number of aromatic nitrogens is 2. The number of ether oxygens (including phenoxy) is 2. The molecule has 1 aromatic carbocycles. The Labute approximate surface area is 314 Å². The maximum absolute atomic E-state index is 14.2. The first-order chi connectivity index (χ1) is 25.6. The number of aliphatic carboxylic acids is 1. The number of rotatable bonds is 16. The van der Waals surface area contributed by atoms with E-state index < -0.39 is 65.6 Å². The molecule has 0 radical (unpaired) electrons. The summed E-state index contributed by atoms with van der Waals surface area (Å²) in [6, 6.07) is 1.97. The van der Waals surface area contributed by atoms with E-state index >= 15 is 0 Å². The van der Waals surface area contributed by atoms with Gasteiger partial charge in [0.15, 0.2) is 5.75 Å². The number of carbonyl (C=O) groups is 1. The SMILES string of the molecule is CCN(C[C@H]1CC[C@H](CC(=O)O)CC1)c1ccc(C(F)(F)F)cc1CN(c1ncc(OCCCOC)cn1)[C@@H](C)C1(C)C=C(C(F)(F)F)C=C(C(F)(F)F)C1. The Morgan fingerprint density at radius 3 is 2.15 bits per heavy atom. The monoisotopic (exact) mass is 794 g/mol. The quantitative estimate of drug-likeness (QED) is 0.133. The second kappa shape index (κ2) is 17.8. The summed E-state index contributed by atoms with van der Waals surface area (Å²) in [5, 5.41) is 9.21. The zero-order valence-electron chi connectivity index (χ0n) is 31.1. The maximum Gasteiger partial charge on any atom is 0.416 e. The van der Waals surface area contributed by atoms with Gasteiger partial charge in [0.05, 0.1) is 30.1 Å². The van der Waals surface area contributed by atoms with E-state index in [1.165, 1.54) is 44.3 Å². The molecule has 55 heavy (non-hydrogen) atoms. The highest BCUT2D eigenvalue weighted by atomic mass is 19.4. The van der Waals surface area contributed by atoms with E-state index in [0.29, 0.717) is 57.5 Å². The van der Waals surface area contributed by atoms with Crippen LogP contribution in [0.3, 0.4) is 0 Å². The fourth-order valence-electron chi connectivity index (χ4n) is 7.33. The maximum atomic E-state index is 14.2. The predicted molar refractivity (Wildman–Crippen MR) is 188 cm³/mol. The van der Waals surface area contributed by atoms with Crippen molar-refractivity contribution in [1.82, 2.24) is 9.97 Å². The van der Waals surface area contributed by atoms with Crippen molar-refractivity contribution in [3.8, 4) is 5.75 Å². The average molecular weight is 795 g/mol. The number of anilines is 2. The van der Waals surface area contributed by atoms with Gasteiger partial charge in [0.25, 0.3) is 0 Å². The molecule has 1 unspecified atom stereocenters. The van der Waals surface area contributed by atoms with Gasteiger partial charge in [-0.05, 0) is 87.6 Å². The highest BCUT2D eigenvalue weighted by Crippen LogP contribution is 2.48. The summed E-state index contributed by atoms with van der Waals surface area (Å²) in [5.74, 6) is -0.671. The topological polar surface area (TPSA) is 88.0 Å². The van der Waals surface area contributed by atoms with Crippen LogP contribution in [0.2, 0.25) is 0 Å². The number of halogens is 9. The lowest BCUT2D eigenvalue weighted by atomic mass is 9.72. The Kier molecular flexibility index (Phi) is 14.2. The summed E-state index contributed by atoms with van der Waals surface area (Å²) in [7, 11) is 1.52. The van der Waals surface area contributed by atoms with Crippen molar-refractivity contribution >= 4 is 17.6 Å². The van der Waals surface area contributed by atoms with Crippen LogP contribution in [0.25, 0.3) is 0 Å². The van der Waals surface area contributed by atoms with Crippen LogP contribution in [0, 0.1) is 17.3 Å². The fraction of sp³-hybridized carbons (Fsp3) is 0.605. The number of alkyl halides is 9. The molecule has 2 aliphatic rings. The summed E-state index contributed by atoms with van der Waals surface area (Å²) >= 11 is 0. The molecule has 8 nitrogen and oxygen atoms in total. The summed E-state index contributed by atoms with van der Waals surface area (Å²) in [6.45, 7) is 5.50. The van der Waals surface area contributed by atoms with Crippen molar-refractivity contribution in [2.24, 2.45) is 17.3 Å². The highest BCUT2D eigenvalue weighted by Gasteiger charge is 2.48. The van der Waals surface area contributed by atoms with Crippen LogP contribution < -0.4 is 14.5 Å². The highest BCUT2D eigenvalue weighted by molar-refractivity contribution is 5.67. The molecule has 1 heterocycles. The number of allylic oxidation sites excluding steroid dienone is 3. The van der Waals surface area contributed by atoms with E-state index in [1.54, 1.807) is 0 Å². The zero-order chi connectivity index (χ0) is 40.8. The summed E-state index contributed by atoms with van der Waals surface area (Å²) in [6.07, 6.45) is -9.07. The molecule has 306 valence electrons. The van der Waals surface area contributed by atoms with Crippen LogP contribution in [0.4, 0.5) is 51.1 Å². The molecule has 0 bridgehead atoms. The summed E-state index contributed by atoms with van der Waals surface area (Å²) in [4.78, 5) is 23.2. The Hall–Kier alpha value is -4.02. The molecule has 4 rings (SSSR count). The van der Waals surface area contributed by atoms with E-state index in [-0.39, 0.29) is 48.2 Å². The minimum absolute atomic E-state index is 0.0309. The minimum atomic E-state index is -5.12. The van der Waals surface area contributed by atoms with Gasteiger partial charge < -0.3 is 24.4 Å². The Morgan fingerprint density at radius 1 is 0.964 bits per heavy atom. The van der Waals surface area contributed by atoms with Crippen molar-refractivity contribution in [2.75, 3.05) is 43.2 Å². The molecule has 2 aliphatic carbocycles. The number of nitrogens with zero attached hydrogens (tertiary/aromatic N) is 4. The molecule has 0 amide bonds. The van der Waals surface area contributed by atoms with Crippen molar-refractivity contribution < 1.29 is 58.9 Å². The third-order valence-electron chi connectivity index (χ3n) is 10.5. The second-order valence-corrected chi connectivity index (χ2v) is 14.5. The molecular formula is C38H47F9N4O4. The molecule has 1 saturated carbocycles. The van der Waals surface area contributed by atoms with Gasteiger partial charge in [0, 0.05) is 68.9 Å². The minimum Gasteiger partial charge on any atom is -0.490 e. The third-order valence-corrected chi connectivity index (χ3v) is 10.5. The first-order valence-electron chi connectivity index (χ1n) is 18.1. The lowest BCUT2D eigenvalue weighted by molar-refractivity contribution is -0.139. The average Bonchev–Trinajstić information content (AvgIpc) is 3.10. The lowest BCUT2D eigenvalue weighted by Gasteiger charge is -2.44. The van der Waals surface area contributed by atoms with Crippen molar-refractivity contribution in [3.63, 3.8) is 0 Å². The van der Waals surface area contributed by atoms with Gasteiger partial charge >= 0.3 is 24.5 Å². The first-order valence-corrected chi connectivity index (χ1v) is 18.1. The molecule has 1 aromatic heterocycles. The number of hydrogen-bond acceptors (Lipinski definition) is 7. The van der Waals surface area contributed by atoms with Crippen LogP contribution >= 0.6 is 0 Å². The zero-order valence-corrected chi connectivity index (χ0v) is 31.1. The number of benzene rings is 1. The van der Waals surface area contributed by atoms with E-state index in [0.717, 1.165) is 18.2 Å². The fourth-order valence-corrected chi connectivity index (χ4v) is 7.33. The predicted octanol–water partition coefficient (Wildman–Crippen LogP) is 9.80. The number of carboxylic acid groups (broad SMARTS) is 1. The van der Waals surface area contributed by atoms with Gasteiger partial charge in [0.1, 0.15) is 0 Å². The second-order valence-electron chi connectivity index (χ2n) is 14.5. The molecular weight excluding hydrogens is 747 g/mol. The van der Waals surface area contributed by atoms with E-state index in [1.807, 2.05) is 11.8 Å². The number of hydrogen-bond donors (Lipinski definition) is 1. The van der Waals surface area contributed by atoms with Crippen LogP contribution in [-0.2, 0) is 22.3 Å². The molecule has 0 spiro atoms. The van der Waals surface area contributed by atoms with Crippen molar-refractivity contribution in [2.45, 2.75) is 96.8 Å². The normalized spacial score (nSPS) is 21.4. The van der Waals surface area contributed by atoms with E-state index in [4.69, 9.17) is 9.47 Å². The third kappa shape index (κ3) is 11.7. The Morgan fingerprint density at radius 2 is 1.60 bits per heavy atom. The largest absolute Gasteiger partial charge is 0.490 e. The molecule has 2 atom stereocenters. The van der Waals surface area contributed by atoms with Gasteiger partial charge in [-0.25, -0.2) is 9.97 Å².